The van der Waals surface area contributed by atoms with Gasteiger partial charge in [0.1, 0.15) is 0 Å². The summed E-state index contributed by atoms with van der Waals surface area (Å²) in [7, 11) is 0. The van der Waals surface area contributed by atoms with Gasteiger partial charge in [-0.1, -0.05) is 54.6 Å². The van der Waals surface area contributed by atoms with E-state index in [4.69, 9.17) is 0 Å². The summed E-state index contributed by atoms with van der Waals surface area (Å²) < 4.78 is 0. The molecule has 4 heteroatoms. The lowest BCUT2D eigenvalue weighted by Gasteiger charge is -2.38. The smallest absolute Gasteiger partial charge is 0.237 e. The normalized spacial score (nSPS) is 17.2. The molecule has 0 bridgehead atoms. The first-order chi connectivity index (χ1) is 12.0. The molecule has 0 spiro atoms. The van der Waals surface area contributed by atoms with Crippen LogP contribution in [0.2, 0.25) is 0 Å². The maximum absolute atomic E-state index is 12.9. The average molecular weight is 338 g/mol. The van der Waals surface area contributed by atoms with Crippen molar-refractivity contribution >= 4 is 5.91 Å². The third-order valence-electron chi connectivity index (χ3n) is 4.83. The molecule has 0 aromatic heterocycles. The molecule has 1 aliphatic rings. The van der Waals surface area contributed by atoms with Gasteiger partial charge < -0.3 is 15.3 Å². The van der Waals surface area contributed by atoms with Crippen molar-refractivity contribution < 1.29 is 9.90 Å². The Bertz CT molecular complexity index is 728. The van der Waals surface area contributed by atoms with Crippen molar-refractivity contribution in [3.8, 4) is 0 Å². The van der Waals surface area contributed by atoms with Gasteiger partial charge in [0, 0.05) is 12.1 Å². The number of carbonyl (C=O) groups is 1. The van der Waals surface area contributed by atoms with Crippen LogP contribution in [0.25, 0.3) is 0 Å². The Hall–Kier alpha value is -2.17. The number of aliphatic hydroxyl groups is 1. The van der Waals surface area contributed by atoms with Crippen molar-refractivity contribution in [2.45, 2.75) is 31.8 Å². The Morgan fingerprint density at radius 2 is 1.84 bits per heavy atom. The minimum atomic E-state index is -0.467. The van der Waals surface area contributed by atoms with Crippen LogP contribution in [0, 0.1) is 0 Å². The van der Waals surface area contributed by atoms with Crippen LogP contribution in [0.15, 0.2) is 54.6 Å². The summed E-state index contributed by atoms with van der Waals surface area (Å²) in [5.74, 6) is 0.0601. The summed E-state index contributed by atoms with van der Waals surface area (Å²) in [5.41, 5.74) is 3.18. The molecule has 0 fully saturated rings. The fraction of sp³-hybridized carbons (Fsp3) is 0.381. The highest BCUT2D eigenvalue weighted by Crippen LogP contribution is 2.34. The number of aliphatic hydroxyl groups excluding tert-OH is 1. The standard InChI is InChI=1S/C21H26N2O2/c1-21(2,15-24)22-14-19(25)23-13-12-16-8-6-7-11-18(16)20(23)17-9-4-3-5-10-17/h3-11,20,22,24H,12-15H2,1-2H3/t20-/m1/s1. The largest absolute Gasteiger partial charge is 0.394 e. The van der Waals surface area contributed by atoms with Crippen LogP contribution < -0.4 is 5.32 Å². The topological polar surface area (TPSA) is 52.6 Å². The van der Waals surface area contributed by atoms with Gasteiger partial charge in [-0.05, 0) is 37.0 Å². The minimum Gasteiger partial charge on any atom is -0.394 e. The number of fused-ring (bicyclic) bond motifs is 1. The molecule has 4 nitrogen and oxygen atoms in total. The highest BCUT2D eigenvalue weighted by atomic mass is 16.3. The molecule has 1 aliphatic heterocycles. The number of carbonyl (C=O) groups excluding carboxylic acids is 1. The molecular weight excluding hydrogens is 312 g/mol. The van der Waals surface area contributed by atoms with E-state index in [1.54, 1.807) is 0 Å². The molecule has 25 heavy (non-hydrogen) atoms. The first-order valence-corrected chi connectivity index (χ1v) is 8.80. The Morgan fingerprint density at radius 1 is 1.16 bits per heavy atom. The summed E-state index contributed by atoms with van der Waals surface area (Å²) in [6.07, 6.45) is 0.870. The third kappa shape index (κ3) is 3.91. The van der Waals surface area contributed by atoms with Gasteiger partial charge in [-0.15, -0.1) is 0 Å². The second-order valence-electron chi connectivity index (χ2n) is 7.24. The molecule has 1 heterocycles. The van der Waals surface area contributed by atoms with Crippen LogP contribution in [0.3, 0.4) is 0 Å². The molecular formula is C21H26N2O2. The first-order valence-electron chi connectivity index (χ1n) is 8.80. The fourth-order valence-electron chi connectivity index (χ4n) is 3.30. The Labute approximate surface area is 149 Å². The molecule has 2 aromatic carbocycles. The lowest BCUT2D eigenvalue weighted by atomic mass is 9.88. The molecule has 2 N–H and O–H groups in total. The van der Waals surface area contributed by atoms with Crippen LogP contribution in [0.5, 0.6) is 0 Å². The monoisotopic (exact) mass is 338 g/mol. The maximum atomic E-state index is 12.9. The number of nitrogens with one attached hydrogen (secondary N) is 1. The van der Waals surface area contributed by atoms with Crippen molar-refractivity contribution in [3.63, 3.8) is 0 Å². The summed E-state index contributed by atoms with van der Waals surface area (Å²) in [4.78, 5) is 14.9. The van der Waals surface area contributed by atoms with Gasteiger partial charge in [-0.3, -0.25) is 4.79 Å². The minimum absolute atomic E-state index is 0.00870. The summed E-state index contributed by atoms with van der Waals surface area (Å²) >= 11 is 0. The molecule has 3 rings (SSSR count). The number of nitrogens with zero attached hydrogens (tertiary/aromatic N) is 1. The quantitative estimate of drug-likeness (QED) is 0.881. The van der Waals surface area contributed by atoms with Crippen molar-refractivity contribution in [2.75, 3.05) is 19.7 Å². The van der Waals surface area contributed by atoms with Crippen molar-refractivity contribution in [3.05, 3.63) is 71.3 Å². The zero-order valence-electron chi connectivity index (χ0n) is 14.9. The van der Waals surface area contributed by atoms with Crippen LogP contribution >= 0.6 is 0 Å². The van der Waals surface area contributed by atoms with Crippen LogP contribution in [0.4, 0.5) is 0 Å². The lowest BCUT2D eigenvalue weighted by Crippen LogP contribution is -2.50. The van der Waals surface area contributed by atoms with Crippen molar-refractivity contribution in [1.82, 2.24) is 10.2 Å². The lowest BCUT2D eigenvalue weighted by molar-refractivity contribution is -0.132. The predicted octanol–water partition coefficient (Wildman–Crippen LogP) is 2.52. The molecule has 0 radical (unpaired) electrons. The number of amides is 1. The Morgan fingerprint density at radius 3 is 2.56 bits per heavy atom. The number of hydrogen-bond donors (Lipinski definition) is 2. The van der Waals surface area contributed by atoms with E-state index in [1.165, 1.54) is 11.1 Å². The molecule has 0 unspecified atom stereocenters. The van der Waals surface area contributed by atoms with Crippen LogP contribution in [-0.4, -0.2) is 41.1 Å². The van der Waals surface area contributed by atoms with E-state index in [2.05, 4.69) is 35.6 Å². The Balaban J connectivity index is 1.89. The molecule has 0 saturated heterocycles. The van der Waals surface area contributed by atoms with Gasteiger partial charge in [-0.25, -0.2) is 0 Å². The fourth-order valence-corrected chi connectivity index (χ4v) is 3.30. The summed E-state index contributed by atoms with van der Waals surface area (Å²) in [5, 5.41) is 12.6. The second-order valence-corrected chi connectivity index (χ2v) is 7.24. The zero-order valence-corrected chi connectivity index (χ0v) is 14.9. The zero-order chi connectivity index (χ0) is 17.9. The van der Waals surface area contributed by atoms with Gasteiger partial charge in [0.15, 0.2) is 0 Å². The average Bonchev–Trinajstić information content (AvgIpc) is 2.66. The predicted molar refractivity (Wildman–Crippen MR) is 99.3 cm³/mol. The third-order valence-corrected chi connectivity index (χ3v) is 4.83. The highest BCUT2D eigenvalue weighted by molar-refractivity contribution is 5.80. The number of hydrogen-bond acceptors (Lipinski definition) is 3. The van der Waals surface area contributed by atoms with Gasteiger partial charge >= 0.3 is 0 Å². The van der Waals surface area contributed by atoms with E-state index < -0.39 is 5.54 Å². The van der Waals surface area contributed by atoms with Crippen LogP contribution in [-0.2, 0) is 11.2 Å². The van der Waals surface area contributed by atoms with Crippen molar-refractivity contribution in [1.29, 1.82) is 0 Å². The maximum Gasteiger partial charge on any atom is 0.237 e. The second kappa shape index (κ2) is 7.38. The van der Waals surface area contributed by atoms with Gasteiger partial charge in [-0.2, -0.15) is 0 Å². The van der Waals surface area contributed by atoms with E-state index in [0.29, 0.717) is 6.54 Å². The van der Waals surface area contributed by atoms with E-state index >= 15 is 0 Å². The molecule has 0 aliphatic carbocycles. The van der Waals surface area contributed by atoms with Gasteiger partial charge in [0.2, 0.25) is 5.91 Å². The SMILES string of the molecule is CC(C)(CO)NCC(=O)N1CCc2ccccc2[C@H]1c1ccccc1. The summed E-state index contributed by atoms with van der Waals surface area (Å²) in [6, 6.07) is 18.5. The van der Waals surface area contributed by atoms with Crippen molar-refractivity contribution in [2.24, 2.45) is 0 Å². The van der Waals surface area contributed by atoms with Gasteiger partial charge in [0.05, 0.1) is 19.2 Å². The summed E-state index contributed by atoms with van der Waals surface area (Å²) in [6.45, 7) is 4.70. The molecule has 132 valence electrons. The number of rotatable bonds is 5. The molecule has 1 atom stereocenters. The molecule has 2 aromatic rings. The van der Waals surface area contributed by atoms with Crippen LogP contribution in [0.1, 0.15) is 36.6 Å². The van der Waals surface area contributed by atoms with E-state index in [-0.39, 0.29) is 25.1 Å². The Kier molecular flexibility index (Phi) is 5.21. The molecule has 1 amide bonds. The first kappa shape index (κ1) is 17.6. The highest BCUT2D eigenvalue weighted by Gasteiger charge is 2.32. The molecule has 0 saturated carbocycles. The van der Waals surface area contributed by atoms with E-state index in [1.807, 2.05) is 43.0 Å². The van der Waals surface area contributed by atoms with E-state index in [9.17, 15) is 9.90 Å². The van der Waals surface area contributed by atoms with Gasteiger partial charge in [0.25, 0.3) is 0 Å². The number of benzene rings is 2. The van der Waals surface area contributed by atoms with E-state index in [0.717, 1.165) is 12.0 Å².